The summed E-state index contributed by atoms with van der Waals surface area (Å²) in [5.74, 6) is 1.89. The van der Waals surface area contributed by atoms with E-state index in [1.54, 1.807) is 0 Å². The number of aryl methyl sites for hydroxylation is 1. The molecule has 1 saturated carbocycles. The van der Waals surface area contributed by atoms with Crippen molar-refractivity contribution in [2.45, 2.75) is 51.5 Å². The SMILES string of the molecule is CCc1nc([NH2+]C2CCCCC2)c2oc3ccccc3c2n1. The van der Waals surface area contributed by atoms with Crippen LogP contribution in [0.15, 0.2) is 28.7 Å². The van der Waals surface area contributed by atoms with Gasteiger partial charge in [-0.05, 0) is 37.8 Å². The first-order chi connectivity index (χ1) is 10.8. The van der Waals surface area contributed by atoms with E-state index >= 15 is 0 Å². The van der Waals surface area contributed by atoms with Crippen LogP contribution in [0.2, 0.25) is 0 Å². The van der Waals surface area contributed by atoms with Gasteiger partial charge in [0.25, 0.3) is 5.82 Å². The van der Waals surface area contributed by atoms with Crippen LogP contribution >= 0.6 is 0 Å². The highest BCUT2D eigenvalue weighted by molar-refractivity contribution is 6.04. The van der Waals surface area contributed by atoms with Crippen LogP contribution in [-0.4, -0.2) is 16.0 Å². The van der Waals surface area contributed by atoms with Crippen LogP contribution in [-0.2, 0) is 6.42 Å². The monoisotopic (exact) mass is 296 g/mol. The minimum atomic E-state index is 0.629. The second-order valence-corrected chi connectivity index (χ2v) is 6.22. The van der Waals surface area contributed by atoms with Crippen molar-refractivity contribution in [2.24, 2.45) is 0 Å². The second kappa shape index (κ2) is 5.69. The van der Waals surface area contributed by atoms with E-state index in [-0.39, 0.29) is 0 Å². The van der Waals surface area contributed by atoms with Crippen LogP contribution in [0.25, 0.3) is 22.1 Å². The molecule has 114 valence electrons. The Morgan fingerprint density at radius 3 is 2.77 bits per heavy atom. The summed E-state index contributed by atoms with van der Waals surface area (Å²) in [7, 11) is 0. The molecule has 1 aromatic carbocycles. The van der Waals surface area contributed by atoms with Gasteiger partial charge in [-0.3, -0.25) is 5.32 Å². The van der Waals surface area contributed by atoms with Crippen LogP contribution in [0.5, 0.6) is 0 Å². The molecular formula is C18H22N3O+. The number of fused-ring (bicyclic) bond motifs is 3. The molecule has 4 rings (SSSR count). The van der Waals surface area contributed by atoms with Crippen LogP contribution in [0, 0.1) is 0 Å². The molecule has 2 N–H and O–H groups in total. The molecule has 0 saturated heterocycles. The van der Waals surface area contributed by atoms with Gasteiger partial charge >= 0.3 is 0 Å². The predicted octanol–water partition coefficient (Wildman–Crippen LogP) is 3.47. The van der Waals surface area contributed by atoms with E-state index in [2.05, 4.69) is 18.3 Å². The zero-order valence-corrected chi connectivity index (χ0v) is 13.0. The third kappa shape index (κ3) is 2.37. The minimum Gasteiger partial charge on any atom is -0.446 e. The maximum atomic E-state index is 6.07. The Bertz CT molecular complexity index is 803. The third-order valence-corrected chi connectivity index (χ3v) is 4.65. The fraction of sp³-hybridized carbons (Fsp3) is 0.444. The van der Waals surface area contributed by atoms with Crippen molar-refractivity contribution >= 4 is 27.9 Å². The normalized spacial score (nSPS) is 16.6. The molecule has 0 aliphatic heterocycles. The highest BCUT2D eigenvalue weighted by Crippen LogP contribution is 2.30. The summed E-state index contributed by atoms with van der Waals surface area (Å²) in [5, 5.41) is 3.41. The number of hydrogen-bond acceptors (Lipinski definition) is 3. The molecule has 0 amide bonds. The van der Waals surface area contributed by atoms with Crippen molar-refractivity contribution < 1.29 is 9.73 Å². The summed E-state index contributed by atoms with van der Waals surface area (Å²) in [6.07, 6.45) is 7.42. The molecule has 4 heteroatoms. The standard InChI is InChI=1S/C18H21N3O/c1-2-15-20-16-13-10-6-7-11-14(13)22-17(16)18(21-15)19-12-8-4-3-5-9-12/h6-7,10-12H,2-5,8-9H2,1H3,(H,19,20,21)/p+1. The van der Waals surface area contributed by atoms with E-state index in [4.69, 9.17) is 14.4 Å². The molecule has 0 atom stereocenters. The molecule has 1 aliphatic rings. The molecule has 2 heterocycles. The number of nitrogens with two attached hydrogens (primary N) is 1. The van der Waals surface area contributed by atoms with Crippen molar-refractivity contribution in [3.63, 3.8) is 0 Å². The highest BCUT2D eigenvalue weighted by Gasteiger charge is 2.23. The van der Waals surface area contributed by atoms with Crippen molar-refractivity contribution in [3.05, 3.63) is 30.1 Å². The first kappa shape index (κ1) is 13.7. The van der Waals surface area contributed by atoms with Crippen molar-refractivity contribution in [2.75, 3.05) is 0 Å². The largest absolute Gasteiger partial charge is 0.446 e. The molecule has 1 aliphatic carbocycles. The van der Waals surface area contributed by atoms with Crippen LogP contribution in [0.4, 0.5) is 5.82 Å². The number of benzene rings is 1. The van der Waals surface area contributed by atoms with Gasteiger partial charge in [-0.2, -0.15) is 4.98 Å². The first-order valence-electron chi connectivity index (χ1n) is 8.38. The van der Waals surface area contributed by atoms with Gasteiger partial charge in [0.1, 0.15) is 16.9 Å². The van der Waals surface area contributed by atoms with E-state index in [0.717, 1.165) is 40.1 Å². The second-order valence-electron chi connectivity index (χ2n) is 6.22. The lowest BCUT2D eigenvalue weighted by Gasteiger charge is -2.19. The Morgan fingerprint density at radius 1 is 1.14 bits per heavy atom. The molecule has 22 heavy (non-hydrogen) atoms. The quantitative estimate of drug-likeness (QED) is 0.805. The maximum absolute atomic E-state index is 6.07. The Labute approximate surface area is 129 Å². The Balaban J connectivity index is 1.84. The average molecular weight is 296 g/mol. The van der Waals surface area contributed by atoms with Crippen LogP contribution < -0.4 is 5.32 Å². The van der Waals surface area contributed by atoms with E-state index < -0.39 is 0 Å². The lowest BCUT2D eigenvalue weighted by molar-refractivity contribution is -0.616. The molecule has 0 bridgehead atoms. The fourth-order valence-corrected chi connectivity index (χ4v) is 3.46. The summed E-state index contributed by atoms with van der Waals surface area (Å²) in [4.78, 5) is 9.46. The van der Waals surface area contributed by atoms with E-state index in [0.29, 0.717) is 6.04 Å². The molecule has 4 nitrogen and oxygen atoms in total. The van der Waals surface area contributed by atoms with Crippen LogP contribution in [0.3, 0.4) is 0 Å². The number of aromatic nitrogens is 2. The number of nitrogens with zero attached hydrogens (tertiary/aromatic N) is 2. The van der Waals surface area contributed by atoms with Crippen molar-refractivity contribution in [3.8, 4) is 0 Å². The molecule has 2 aromatic heterocycles. The number of rotatable bonds is 3. The third-order valence-electron chi connectivity index (χ3n) is 4.65. The topological polar surface area (TPSA) is 55.5 Å². The molecule has 0 spiro atoms. The molecular weight excluding hydrogens is 274 g/mol. The van der Waals surface area contributed by atoms with Gasteiger partial charge in [-0.15, -0.1) is 0 Å². The van der Waals surface area contributed by atoms with Gasteiger partial charge in [-0.1, -0.05) is 25.5 Å². The highest BCUT2D eigenvalue weighted by atomic mass is 16.3. The van der Waals surface area contributed by atoms with Crippen LogP contribution in [0.1, 0.15) is 44.9 Å². The van der Waals surface area contributed by atoms with Crippen molar-refractivity contribution in [1.82, 2.24) is 9.97 Å². The summed E-state index contributed by atoms with van der Waals surface area (Å²) >= 11 is 0. The van der Waals surface area contributed by atoms with Gasteiger partial charge in [0.05, 0.1) is 6.04 Å². The molecule has 0 radical (unpaired) electrons. The number of para-hydroxylation sites is 1. The molecule has 3 aromatic rings. The van der Waals surface area contributed by atoms with E-state index in [1.807, 2.05) is 18.2 Å². The lowest BCUT2D eigenvalue weighted by atomic mass is 9.95. The molecule has 1 fully saturated rings. The van der Waals surface area contributed by atoms with Crippen molar-refractivity contribution in [1.29, 1.82) is 0 Å². The fourth-order valence-electron chi connectivity index (χ4n) is 3.46. The Hall–Kier alpha value is -1.94. The summed E-state index contributed by atoms with van der Waals surface area (Å²) in [5.41, 5.74) is 2.71. The van der Waals surface area contributed by atoms with Gasteiger partial charge in [0, 0.05) is 11.8 Å². The van der Waals surface area contributed by atoms with E-state index in [9.17, 15) is 0 Å². The number of hydrogen-bond donors (Lipinski definition) is 1. The summed E-state index contributed by atoms with van der Waals surface area (Å²) < 4.78 is 6.07. The number of quaternary nitrogens is 1. The molecule has 0 unspecified atom stereocenters. The van der Waals surface area contributed by atoms with Gasteiger partial charge in [-0.25, -0.2) is 4.98 Å². The zero-order valence-electron chi connectivity index (χ0n) is 13.0. The maximum Gasteiger partial charge on any atom is 0.272 e. The van der Waals surface area contributed by atoms with Gasteiger partial charge < -0.3 is 4.42 Å². The Kier molecular flexibility index (Phi) is 3.54. The summed E-state index contributed by atoms with van der Waals surface area (Å²) in [6.45, 7) is 2.10. The van der Waals surface area contributed by atoms with E-state index in [1.165, 1.54) is 32.1 Å². The Morgan fingerprint density at radius 2 is 1.95 bits per heavy atom. The summed E-state index contributed by atoms with van der Waals surface area (Å²) in [6, 6.07) is 8.76. The zero-order chi connectivity index (χ0) is 14.9. The van der Waals surface area contributed by atoms with Gasteiger partial charge in [0.15, 0.2) is 0 Å². The smallest absolute Gasteiger partial charge is 0.272 e. The average Bonchev–Trinajstić information content (AvgIpc) is 2.95. The predicted molar refractivity (Wildman–Crippen MR) is 87.1 cm³/mol. The van der Waals surface area contributed by atoms with Gasteiger partial charge in [0.2, 0.25) is 5.58 Å². The number of furan rings is 1. The minimum absolute atomic E-state index is 0.629. The lowest BCUT2D eigenvalue weighted by Crippen LogP contribution is -2.85. The first-order valence-corrected chi connectivity index (χ1v) is 8.38.